The third kappa shape index (κ3) is 2.28. The first kappa shape index (κ1) is 10.4. The predicted molar refractivity (Wildman–Crippen MR) is 58.4 cm³/mol. The number of hydrogen-bond acceptors (Lipinski definition) is 2. The molecule has 0 amide bonds. The Hall–Kier alpha value is -0.0900. The molecule has 1 saturated heterocycles. The van der Waals surface area contributed by atoms with E-state index in [0.29, 0.717) is 12.5 Å². The third-order valence-corrected chi connectivity index (χ3v) is 2.94. The molecule has 76 valence electrons. The van der Waals surface area contributed by atoms with E-state index in [2.05, 4.69) is 15.9 Å². The summed E-state index contributed by atoms with van der Waals surface area (Å²) in [5.41, 5.74) is 1.03. The van der Waals surface area contributed by atoms with Crippen LogP contribution in [-0.4, -0.2) is 18.6 Å². The first-order chi connectivity index (χ1) is 6.79. The van der Waals surface area contributed by atoms with Crippen molar-refractivity contribution in [3.8, 4) is 0 Å². The second-order valence-electron chi connectivity index (χ2n) is 3.13. The fourth-order valence-electron chi connectivity index (χ4n) is 1.32. The fourth-order valence-corrected chi connectivity index (χ4v) is 1.75. The molecular formula is C10H10BrClO2. The lowest BCUT2D eigenvalue weighted by Gasteiger charge is -2.10. The van der Waals surface area contributed by atoms with Gasteiger partial charge in [0, 0.05) is 10.0 Å². The van der Waals surface area contributed by atoms with Crippen molar-refractivity contribution >= 4 is 27.5 Å². The molecule has 1 aromatic carbocycles. The number of halogens is 2. The van der Waals surface area contributed by atoms with Crippen molar-refractivity contribution in [3.05, 3.63) is 34.3 Å². The van der Waals surface area contributed by atoms with Crippen LogP contribution in [-0.2, 0) is 9.47 Å². The minimum atomic E-state index is -0.258. The second kappa shape index (κ2) is 4.62. The maximum absolute atomic E-state index is 5.67. The Morgan fingerprint density at radius 1 is 1.36 bits per heavy atom. The van der Waals surface area contributed by atoms with Crippen molar-refractivity contribution in [3.63, 3.8) is 0 Å². The van der Waals surface area contributed by atoms with Crippen LogP contribution < -0.4 is 0 Å². The van der Waals surface area contributed by atoms with E-state index in [1.54, 1.807) is 0 Å². The summed E-state index contributed by atoms with van der Waals surface area (Å²) in [7, 11) is 0. The molecule has 2 atom stereocenters. The summed E-state index contributed by atoms with van der Waals surface area (Å²) in [5, 5.41) is 0. The average Bonchev–Trinajstić information content (AvgIpc) is 2.67. The van der Waals surface area contributed by atoms with Gasteiger partial charge in [0.2, 0.25) is 0 Å². The van der Waals surface area contributed by atoms with E-state index in [9.17, 15) is 0 Å². The summed E-state index contributed by atoms with van der Waals surface area (Å²) in [5.74, 6) is 0.479. The summed E-state index contributed by atoms with van der Waals surface area (Å²) in [4.78, 5) is 0. The molecule has 2 nitrogen and oxygen atoms in total. The molecule has 0 radical (unpaired) electrons. The zero-order valence-corrected chi connectivity index (χ0v) is 9.79. The van der Waals surface area contributed by atoms with Gasteiger partial charge in [-0.3, -0.25) is 0 Å². The van der Waals surface area contributed by atoms with Crippen molar-refractivity contribution in [2.75, 3.05) is 12.5 Å². The molecule has 1 aromatic rings. The number of hydrogen-bond donors (Lipinski definition) is 0. The van der Waals surface area contributed by atoms with Gasteiger partial charge in [0.1, 0.15) is 0 Å². The summed E-state index contributed by atoms with van der Waals surface area (Å²) in [6, 6.07) is 7.89. The average molecular weight is 278 g/mol. The van der Waals surface area contributed by atoms with Crippen molar-refractivity contribution in [2.45, 2.75) is 12.4 Å². The Morgan fingerprint density at radius 2 is 2.07 bits per heavy atom. The van der Waals surface area contributed by atoms with Crippen LogP contribution in [0.15, 0.2) is 28.7 Å². The van der Waals surface area contributed by atoms with E-state index in [4.69, 9.17) is 21.1 Å². The van der Waals surface area contributed by atoms with E-state index < -0.39 is 0 Å². The van der Waals surface area contributed by atoms with Gasteiger partial charge in [0.25, 0.3) is 0 Å². The molecule has 2 unspecified atom stereocenters. The molecule has 0 N–H and O–H groups in total. The van der Waals surface area contributed by atoms with E-state index in [0.717, 1.165) is 10.0 Å². The SMILES string of the molecule is ClCC1COC(c2ccc(Br)cc2)O1. The number of benzene rings is 1. The molecule has 1 fully saturated rings. The molecule has 14 heavy (non-hydrogen) atoms. The van der Waals surface area contributed by atoms with Gasteiger partial charge < -0.3 is 9.47 Å². The molecule has 4 heteroatoms. The molecule has 1 aliphatic heterocycles. The highest BCUT2D eigenvalue weighted by Gasteiger charge is 2.26. The standard InChI is InChI=1S/C10H10BrClO2/c11-8-3-1-7(2-4-8)10-13-6-9(5-12)14-10/h1-4,9-10H,5-6H2. The Morgan fingerprint density at radius 3 is 2.64 bits per heavy atom. The zero-order valence-electron chi connectivity index (χ0n) is 7.45. The molecule has 0 bridgehead atoms. The summed E-state index contributed by atoms with van der Waals surface area (Å²) >= 11 is 9.05. The smallest absolute Gasteiger partial charge is 0.184 e. The molecule has 1 aliphatic rings. The van der Waals surface area contributed by atoms with Gasteiger partial charge in [-0.1, -0.05) is 28.1 Å². The van der Waals surface area contributed by atoms with Crippen molar-refractivity contribution < 1.29 is 9.47 Å². The third-order valence-electron chi connectivity index (χ3n) is 2.06. The lowest BCUT2D eigenvalue weighted by molar-refractivity contribution is -0.0567. The Balaban J connectivity index is 2.06. The molecule has 2 rings (SSSR count). The van der Waals surface area contributed by atoms with Gasteiger partial charge in [0.05, 0.1) is 18.6 Å². The number of rotatable bonds is 2. The van der Waals surface area contributed by atoms with Crippen LogP contribution >= 0.6 is 27.5 Å². The van der Waals surface area contributed by atoms with E-state index in [1.165, 1.54) is 0 Å². The van der Waals surface area contributed by atoms with Crippen LogP contribution in [0.3, 0.4) is 0 Å². The van der Waals surface area contributed by atoms with Gasteiger partial charge in [0.15, 0.2) is 6.29 Å². The molecule has 0 saturated carbocycles. The van der Waals surface area contributed by atoms with Crippen LogP contribution in [0.4, 0.5) is 0 Å². The molecular weight excluding hydrogens is 267 g/mol. The quantitative estimate of drug-likeness (QED) is 0.773. The summed E-state index contributed by atoms with van der Waals surface area (Å²) < 4.78 is 12.1. The highest BCUT2D eigenvalue weighted by Crippen LogP contribution is 2.28. The van der Waals surface area contributed by atoms with Crippen LogP contribution in [0.1, 0.15) is 11.9 Å². The largest absolute Gasteiger partial charge is 0.346 e. The maximum atomic E-state index is 5.67. The van der Waals surface area contributed by atoms with Gasteiger partial charge in [-0.2, -0.15) is 0 Å². The van der Waals surface area contributed by atoms with Crippen LogP contribution in [0, 0.1) is 0 Å². The molecule has 0 spiro atoms. The van der Waals surface area contributed by atoms with Gasteiger partial charge in [-0.15, -0.1) is 11.6 Å². The maximum Gasteiger partial charge on any atom is 0.184 e. The fraction of sp³-hybridized carbons (Fsp3) is 0.400. The van der Waals surface area contributed by atoms with Crippen molar-refractivity contribution in [1.29, 1.82) is 0 Å². The minimum absolute atomic E-state index is 0.0188. The van der Waals surface area contributed by atoms with E-state index >= 15 is 0 Å². The van der Waals surface area contributed by atoms with Crippen LogP contribution in [0.5, 0.6) is 0 Å². The van der Waals surface area contributed by atoms with Crippen LogP contribution in [0.2, 0.25) is 0 Å². The van der Waals surface area contributed by atoms with Crippen molar-refractivity contribution in [2.24, 2.45) is 0 Å². The van der Waals surface area contributed by atoms with E-state index in [1.807, 2.05) is 24.3 Å². The zero-order chi connectivity index (χ0) is 9.97. The Bertz CT molecular complexity index is 301. The topological polar surface area (TPSA) is 18.5 Å². The normalized spacial score (nSPS) is 26.7. The molecule has 0 aliphatic carbocycles. The molecule has 0 aromatic heterocycles. The minimum Gasteiger partial charge on any atom is -0.346 e. The lowest BCUT2D eigenvalue weighted by atomic mass is 10.2. The Kier molecular flexibility index (Phi) is 3.44. The number of alkyl halides is 1. The summed E-state index contributed by atoms with van der Waals surface area (Å²) in [6.45, 7) is 0.574. The predicted octanol–water partition coefficient (Wildman–Crippen LogP) is 3.10. The summed E-state index contributed by atoms with van der Waals surface area (Å²) in [6.07, 6.45) is -0.239. The lowest BCUT2D eigenvalue weighted by Crippen LogP contribution is -2.10. The van der Waals surface area contributed by atoms with E-state index in [-0.39, 0.29) is 12.4 Å². The Labute approximate surface area is 96.3 Å². The highest BCUT2D eigenvalue weighted by molar-refractivity contribution is 9.10. The number of ether oxygens (including phenoxy) is 2. The van der Waals surface area contributed by atoms with Gasteiger partial charge in [-0.25, -0.2) is 0 Å². The first-order valence-corrected chi connectivity index (χ1v) is 5.71. The van der Waals surface area contributed by atoms with Crippen LogP contribution in [0.25, 0.3) is 0 Å². The van der Waals surface area contributed by atoms with Gasteiger partial charge in [-0.05, 0) is 12.1 Å². The monoisotopic (exact) mass is 276 g/mol. The first-order valence-electron chi connectivity index (χ1n) is 4.38. The van der Waals surface area contributed by atoms with Gasteiger partial charge >= 0.3 is 0 Å². The van der Waals surface area contributed by atoms with Crippen molar-refractivity contribution in [1.82, 2.24) is 0 Å². The second-order valence-corrected chi connectivity index (χ2v) is 4.35. The highest BCUT2D eigenvalue weighted by atomic mass is 79.9. The molecule has 1 heterocycles.